The number of hydrogen-bond acceptors (Lipinski definition) is 3. The molecule has 4 heteroatoms. The Hall–Kier alpha value is -1.39. The molecule has 0 spiro atoms. The number of anilines is 1. The normalized spacial score (nSPS) is 21.4. The highest BCUT2D eigenvalue weighted by Gasteiger charge is 2.31. The number of carbonyl (C=O) groups excluding carboxylic acids is 1. The first-order valence-corrected chi connectivity index (χ1v) is 6.45. The van der Waals surface area contributed by atoms with Crippen molar-refractivity contribution in [2.45, 2.75) is 19.9 Å². The van der Waals surface area contributed by atoms with E-state index in [1.54, 1.807) is 0 Å². The van der Waals surface area contributed by atoms with E-state index in [9.17, 15) is 4.79 Å². The molecule has 1 atom stereocenters. The first-order valence-electron chi connectivity index (χ1n) is 6.45. The molecule has 1 unspecified atom stereocenters. The highest BCUT2D eigenvalue weighted by atomic mass is 16.2. The fourth-order valence-corrected chi connectivity index (χ4v) is 2.44. The third-order valence-electron chi connectivity index (χ3n) is 3.51. The molecule has 18 heavy (non-hydrogen) atoms. The average molecular weight is 247 g/mol. The molecule has 1 aliphatic rings. The highest BCUT2D eigenvalue weighted by molar-refractivity contribution is 5.97. The Kier molecular flexibility index (Phi) is 3.99. The van der Waals surface area contributed by atoms with Gasteiger partial charge in [0.15, 0.2) is 0 Å². The van der Waals surface area contributed by atoms with Crippen LogP contribution in [0.15, 0.2) is 24.3 Å². The minimum Gasteiger partial charge on any atom is -0.329 e. The van der Waals surface area contributed by atoms with Crippen molar-refractivity contribution in [3.8, 4) is 0 Å². The molecule has 0 aromatic heterocycles. The summed E-state index contributed by atoms with van der Waals surface area (Å²) >= 11 is 0. The molecule has 1 amide bonds. The molecule has 1 saturated heterocycles. The summed E-state index contributed by atoms with van der Waals surface area (Å²) in [6, 6.07) is 8.01. The maximum absolute atomic E-state index is 12.4. The van der Waals surface area contributed by atoms with Gasteiger partial charge in [-0.05, 0) is 31.5 Å². The van der Waals surface area contributed by atoms with Crippen molar-refractivity contribution in [2.24, 2.45) is 5.73 Å². The van der Waals surface area contributed by atoms with E-state index in [1.165, 1.54) is 5.56 Å². The van der Waals surface area contributed by atoms with Crippen LogP contribution < -0.4 is 10.6 Å². The predicted molar refractivity (Wildman–Crippen MR) is 73.6 cm³/mol. The number of rotatable bonds is 3. The van der Waals surface area contributed by atoms with E-state index in [0.717, 1.165) is 25.3 Å². The van der Waals surface area contributed by atoms with Gasteiger partial charge in [-0.2, -0.15) is 0 Å². The van der Waals surface area contributed by atoms with Crippen LogP contribution in [0.4, 0.5) is 5.69 Å². The zero-order chi connectivity index (χ0) is 13.1. The zero-order valence-corrected chi connectivity index (χ0v) is 11.1. The van der Waals surface area contributed by atoms with E-state index in [0.29, 0.717) is 6.54 Å². The monoisotopic (exact) mass is 247 g/mol. The molecule has 4 nitrogen and oxygen atoms in total. The number of nitrogens with two attached hydrogens (primary N) is 1. The second kappa shape index (κ2) is 5.50. The Morgan fingerprint density at radius 3 is 2.83 bits per heavy atom. The second-order valence-corrected chi connectivity index (χ2v) is 4.83. The minimum atomic E-state index is -0.0807. The number of amides is 1. The average Bonchev–Trinajstić information content (AvgIpc) is 2.35. The van der Waals surface area contributed by atoms with Crippen LogP contribution in [0.3, 0.4) is 0 Å². The number of aryl methyl sites for hydroxylation is 1. The molecule has 2 rings (SSSR count). The standard InChI is InChI=1S/C14H21N3O/c1-11-4-3-5-13(10-11)17-9-8-16(7-6-15)12(2)14(17)18/h3-5,10,12H,6-9,15H2,1-2H3. The molecule has 1 aromatic carbocycles. The van der Waals surface area contributed by atoms with Crippen molar-refractivity contribution in [1.82, 2.24) is 4.90 Å². The lowest BCUT2D eigenvalue weighted by molar-refractivity contribution is -0.125. The SMILES string of the molecule is Cc1cccc(N2CCN(CCN)C(C)C2=O)c1. The van der Waals surface area contributed by atoms with E-state index < -0.39 is 0 Å². The Labute approximate surface area is 108 Å². The first-order chi connectivity index (χ1) is 8.63. The summed E-state index contributed by atoms with van der Waals surface area (Å²) in [6.45, 7) is 7.02. The summed E-state index contributed by atoms with van der Waals surface area (Å²) in [6.07, 6.45) is 0. The molecular formula is C14H21N3O. The van der Waals surface area contributed by atoms with Crippen LogP contribution in [0.25, 0.3) is 0 Å². The van der Waals surface area contributed by atoms with Crippen molar-refractivity contribution < 1.29 is 4.79 Å². The van der Waals surface area contributed by atoms with Gasteiger partial charge in [-0.25, -0.2) is 0 Å². The molecule has 0 saturated carbocycles. The van der Waals surface area contributed by atoms with E-state index in [1.807, 2.05) is 36.9 Å². The molecule has 2 N–H and O–H groups in total. The first kappa shape index (κ1) is 13.1. The summed E-state index contributed by atoms with van der Waals surface area (Å²) < 4.78 is 0. The van der Waals surface area contributed by atoms with Gasteiger partial charge in [0.2, 0.25) is 5.91 Å². The maximum atomic E-state index is 12.4. The maximum Gasteiger partial charge on any atom is 0.244 e. The van der Waals surface area contributed by atoms with Crippen LogP contribution in [-0.4, -0.2) is 43.0 Å². The minimum absolute atomic E-state index is 0.0807. The number of nitrogens with zero attached hydrogens (tertiary/aromatic N) is 2. The summed E-state index contributed by atoms with van der Waals surface area (Å²) in [5.41, 5.74) is 7.74. The third-order valence-corrected chi connectivity index (χ3v) is 3.51. The van der Waals surface area contributed by atoms with Gasteiger partial charge in [0.05, 0.1) is 6.04 Å². The van der Waals surface area contributed by atoms with Crippen molar-refractivity contribution in [2.75, 3.05) is 31.1 Å². The smallest absolute Gasteiger partial charge is 0.244 e. The van der Waals surface area contributed by atoms with Gasteiger partial charge in [0, 0.05) is 31.9 Å². The van der Waals surface area contributed by atoms with Gasteiger partial charge in [-0.15, -0.1) is 0 Å². The number of benzene rings is 1. The van der Waals surface area contributed by atoms with Crippen LogP contribution in [0.5, 0.6) is 0 Å². The van der Waals surface area contributed by atoms with Crippen LogP contribution in [0, 0.1) is 6.92 Å². The van der Waals surface area contributed by atoms with Gasteiger partial charge >= 0.3 is 0 Å². The zero-order valence-electron chi connectivity index (χ0n) is 11.1. The highest BCUT2D eigenvalue weighted by Crippen LogP contribution is 2.21. The molecule has 1 heterocycles. The van der Waals surface area contributed by atoms with Crippen LogP contribution in [0.2, 0.25) is 0 Å². The summed E-state index contributed by atoms with van der Waals surface area (Å²) in [5.74, 6) is 0.167. The van der Waals surface area contributed by atoms with E-state index in [4.69, 9.17) is 5.73 Å². The van der Waals surface area contributed by atoms with Crippen molar-refractivity contribution >= 4 is 11.6 Å². The fourth-order valence-electron chi connectivity index (χ4n) is 2.44. The van der Waals surface area contributed by atoms with Crippen molar-refractivity contribution in [1.29, 1.82) is 0 Å². The van der Waals surface area contributed by atoms with Crippen LogP contribution in [-0.2, 0) is 4.79 Å². The Balaban J connectivity index is 2.15. The lowest BCUT2D eigenvalue weighted by Crippen LogP contribution is -2.56. The molecule has 0 aliphatic carbocycles. The summed E-state index contributed by atoms with van der Waals surface area (Å²) in [7, 11) is 0. The molecule has 1 aliphatic heterocycles. The van der Waals surface area contributed by atoms with Crippen LogP contribution >= 0.6 is 0 Å². The molecule has 1 fully saturated rings. The number of piperazine rings is 1. The van der Waals surface area contributed by atoms with Gasteiger partial charge in [-0.3, -0.25) is 9.69 Å². The topological polar surface area (TPSA) is 49.6 Å². The van der Waals surface area contributed by atoms with Gasteiger partial charge in [-0.1, -0.05) is 12.1 Å². The Morgan fingerprint density at radius 1 is 1.39 bits per heavy atom. The van der Waals surface area contributed by atoms with Crippen molar-refractivity contribution in [3.05, 3.63) is 29.8 Å². The third kappa shape index (κ3) is 2.54. The lowest BCUT2D eigenvalue weighted by atomic mass is 10.1. The van der Waals surface area contributed by atoms with Crippen molar-refractivity contribution in [3.63, 3.8) is 0 Å². The Morgan fingerprint density at radius 2 is 2.17 bits per heavy atom. The summed E-state index contributed by atoms with van der Waals surface area (Å²) in [5, 5.41) is 0. The second-order valence-electron chi connectivity index (χ2n) is 4.83. The van der Waals surface area contributed by atoms with Gasteiger partial charge in [0.1, 0.15) is 0 Å². The number of hydrogen-bond donors (Lipinski definition) is 1. The molecular weight excluding hydrogens is 226 g/mol. The quantitative estimate of drug-likeness (QED) is 0.866. The fraction of sp³-hybridized carbons (Fsp3) is 0.500. The van der Waals surface area contributed by atoms with Gasteiger partial charge < -0.3 is 10.6 Å². The lowest BCUT2D eigenvalue weighted by Gasteiger charge is -2.39. The predicted octanol–water partition coefficient (Wildman–Crippen LogP) is 0.991. The van der Waals surface area contributed by atoms with E-state index in [-0.39, 0.29) is 11.9 Å². The largest absolute Gasteiger partial charge is 0.329 e. The molecule has 0 bridgehead atoms. The molecule has 1 aromatic rings. The molecule has 0 radical (unpaired) electrons. The molecule has 98 valence electrons. The number of carbonyl (C=O) groups is 1. The summed E-state index contributed by atoms with van der Waals surface area (Å²) in [4.78, 5) is 16.4. The Bertz CT molecular complexity index is 433. The van der Waals surface area contributed by atoms with Crippen LogP contribution in [0.1, 0.15) is 12.5 Å². The van der Waals surface area contributed by atoms with E-state index >= 15 is 0 Å². The van der Waals surface area contributed by atoms with Gasteiger partial charge in [0.25, 0.3) is 0 Å². The van der Waals surface area contributed by atoms with E-state index in [2.05, 4.69) is 11.0 Å².